The van der Waals surface area contributed by atoms with E-state index in [1.807, 2.05) is 12.5 Å². The van der Waals surface area contributed by atoms with Crippen LogP contribution in [0.4, 0.5) is 0 Å². The monoisotopic (exact) mass is 294 g/mol. The second-order valence-electron chi connectivity index (χ2n) is 5.85. The fourth-order valence-electron chi connectivity index (χ4n) is 3.00. The molecular formula is C15H26N4O2. The molecule has 118 valence electrons. The Hall–Kier alpha value is -1.40. The Morgan fingerprint density at radius 2 is 2.43 bits per heavy atom. The van der Waals surface area contributed by atoms with Crippen molar-refractivity contribution in [3.63, 3.8) is 0 Å². The van der Waals surface area contributed by atoms with Crippen LogP contribution in [0.15, 0.2) is 12.5 Å². The van der Waals surface area contributed by atoms with Gasteiger partial charge in [0.05, 0.1) is 18.6 Å². The predicted octanol–water partition coefficient (Wildman–Crippen LogP) is 1.18. The summed E-state index contributed by atoms with van der Waals surface area (Å²) in [6.07, 6.45) is 7.35. The highest BCUT2D eigenvalue weighted by Gasteiger charge is 2.20. The van der Waals surface area contributed by atoms with E-state index in [4.69, 9.17) is 5.11 Å². The molecule has 0 saturated carbocycles. The van der Waals surface area contributed by atoms with Gasteiger partial charge in [-0.1, -0.05) is 6.92 Å². The summed E-state index contributed by atoms with van der Waals surface area (Å²) in [7, 11) is 0. The maximum atomic E-state index is 10.5. The first-order valence-electron chi connectivity index (χ1n) is 7.83. The molecule has 21 heavy (non-hydrogen) atoms. The molecule has 1 aliphatic rings. The van der Waals surface area contributed by atoms with Gasteiger partial charge in [-0.3, -0.25) is 9.69 Å². The predicted molar refractivity (Wildman–Crippen MR) is 81.0 cm³/mol. The lowest BCUT2D eigenvalue weighted by Gasteiger charge is -2.32. The Kier molecular flexibility index (Phi) is 6.20. The maximum absolute atomic E-state index is 10.5. The van der Waals surface area contributed by atoms with Gasteiger partial charge in [0.2, 0.25) is 0 Å². The van der Waals surface area contributed by atoms with Gasteiger partial charge in [-0.05, 0) is 38.3 Å². The van der Waals surface area contributed by atoms with Crippen LogP contribution in [0.1, 0.15) is 31.9 Å². The number of hydrogen-bond acceptors (Lipinski definition) is 4. The number of rotatable bonds is 8. The highest BCUT2D eigenvalue weighted by Crippen LogP contribution is 2.18. The van der Waals surface area contributed by atoms with E-state index in [1.165, 1.54) is 18.5 Å². The van der Waals surface area contributed by atoms with Crippen LogP contribution < -0.4 is 5.32 Å². The lowest BCUT2D eigenvalue weighted by Crippen LogP contribution is -2.40. The number of likely N-dealkylation sites (tertiary alicyclic amines) is 1. The molecule has 0 spiro atoms. The minimum absolute atomic E-state index is 0.0553. The van der Waals surface area contributed by atoms with Crippen LogP contribution in [0.25, 0.3) is 0 Å². The minimum Gasteiger partial charge on any atom is -0.480 e. The number of aryl methyl sites for hydroxylation is 1. The summed E-state index contributed by atoms with van der Waals surface area (Å²) in [6, 6.07) is 0. The molecule has 1 aromatic heterocycles. The van der Waals surface area contributed by atoms with E-state index in [-0.39, 0.29) is 6.54 Å². The van der Waals surface area contributed by atoms with Crippen molar-refractivity contribution in [2.45, 2.75) is 39.3 Å². The Morgan fingerprint density at radius 3 is 3.19 bits per heavy atom. The number of imidazole rings is 1. The zero-order valence-electron chi connectivity index (χ0n) is 12.8. The summed E-state index contributed by atoms with van der Waals surface area (Å²) in [5.41, 5.74) is 1.27. The number of carbonyl (C=O) groups is 1. The molecule has 6 heteroatoms. The molecule has 0 aliphatic carbocycles. The van der Waals surface area contributed by atoms with E-state index in [2.05, 4.69) is 26.7 Å². The summed E-state index contributed by atoms with van der Waals surface area (Å²) >= 11 is 0. The van der Waals surface area contributed by atoms with E-state index in [9.17, 15) is 4.79 Å². The zero-order valence-corrected chi connectivity index (χ0v) is 12.8. The number of piperidine rings is 1. The maximum Gasteiger partial charge on any atom is 0.317 e. The quantitative estimate of drug-likeness (QED) is 0.753. The highest BCUT2D eigenvalue weighted by molar-refractivity contribution is 5.68. The highest BCUT2D eigenvalue weighted by atomic mass is 16.4. The molecule has 2 rings (SSSR count). The number of nitrogens with one attached hydrogen (secondary N) is 1. The van der Waals surface area contributed by atoms with Crippen molar-refractivity contribution in [2.75, 3.05) is 26.2 Å². The molecule has 1 aliphatic heterocycles. The molecule has 0 amide bonds. The van der Waals surface area contributed by atoms with Crippen LogP contribution in [0, 0.1) is 5.92 Å². The molecule has 0 aromatic carbocycles. The first-order chi connectivity index (χ1) is 10.2. The van der Waals surface area contributed by atoms with E-state index >= 15 is 0 Å². The summed E-state index contributed by atoms with van der Waals surface area (Å²) in [4.78, 5) is 17.2. The van der Waals surface area contributed by atoms with Gasteiger partial charge in [-0.2, -0.15) is 0 Å². The fraction of sp³-hybridized carbons (Fsp3) is 0.733. The number of aliphatic carboxylic acids is 1. The third kappa shape index (κ3) is 5.13. The van der Waals surface area contributed by atoms with Crippen molar-refractivity contribution in [1.82, 2.24) is 19.8 Å². The molecule has 0 radical (unpaired) electrons. The van der Waals surface area contributed by atoms with Crippen LogP contribution in [-0.2, 0) is 17.9 Å². The average molecular weight is 294 g/mol. The molecule has 1 atom stereocenters. The lowest BCUT2D eigenvalue weighted by molar-refractivity contribution is -0.136. The summed E-state index contributed by atoms with van der Waals surface area (Å²) in [5, 5.41) is 11.7. The number of nitrogens with zero attached hydrogens (tertiary/aromatic N) is 3. The van der Waals surface area contributed by atoms with Crippen molar-refractivity contribution in [2.24, 2.45) is 5.92 Å². The molecular weight excluding hydrogens is 268 g/mol. The molecule has 1 saturated heterocycles. The average Bonchev–Trinajstić information content (AvgIpc) is 2.87. The van der Waals surface area contributed by atoms with Gasteiger partial charge in [0.15, 0.2) is 0 Å². The Balaban J connectivity index is 1.80. The molecule has 0 bridgehead atoms. The van der Waals surface area contributed by atoms with Crippen molar-refractivity contribution in [3.8, 4) is 0 Å². The van der Waals surface area contributed by atoms with Gasteiger partial charge in [-0.25, -0.2) is 4.98 Å². The largest absolute Gasteiger partial charge is 0.480 e. The van der Waals surface area contributed by atoms with E-state index in [0.29, 0.717) is 5.92 Å². The van der Waals surface area contributed by atoms with Crippen LogP contribution >= 0.6 is 0 Å². The molecule has 2 heterocycles. The van der Waals surface area contributed by atoms with Gasteiger partial charge in [0, 0.05) is 25.8 Å². The molecule has 1 fully saturated rings. The smallest absolute Gasteiger partial charge is 0.317 e. The lowest BCUT2D eigenvalue weighted by atomic mass is 9.98. The number of hydrogen-bond donors (Lipinski definition) is 2. The summed E-state index contributed by atoms with van der Waals surface area (Å²) in [5.74, 6) is -0.244. The standard InChI is InChI=1S/C15H26N4O2/c1-2-5-19-12-17-8-14(19)11-18-6-3-4-13(10-18)7-16-9-15(20)21/h8,12-13,16H,2-7,9-11H2,1H3,(H,20,21). The number of aromatic nitrogens is 2. The van der Waals surface area contributed by atoms with E-state index < -0.39 is 5.97 Å². The summed E-state index contributed by atoms with van der Waals surface area (Å²) in [6.45, 7) is 7.13. The first kappa shape index (κ1) is 16.0. The van der Waals surface area contributed by atoms with Crippen LogP contribution in [0.5, 0.6) is 0 Å². The van der Waals surface area contributed by atoms with Crippen molar-refractivity contribution < 1.29 is 9.90 Å². The van der Waals surface area contributed by atoms with E-state index in [0.717, 1.165) is 39.1 Å². The minimum atomic E-state index is -0.786. The van der Waals surface area contributed by atoms with Gasteiger partial charge < -0.3 is 15.0 Å². The van der Waals surface area contributed by atoms with Crippen molar-refractivity contribution in [3.05, 3.63) is 18.2 Å². The third-order valence-electron chi connectivity index (χ3n) is 3.96. The molecule has 6 nitrogen and oxygen atoms in total. The van der Waals surface area contributed by atoms with Crippen molar-refractivity contribution >= 4 is 5.97 Å². The van der Waals surface area contributed by atoms with Gasteiger partial charge in [0.25, 0.3) is 0 Å². The Bertz CT molecular complexity index is 447. The molecule has 1 unspecified atom stereocenters. The second-order valence-corrected chi connectivity index (χ2v) is 5.85. The van der Waals surface area contributed by atoms with E-state index in [1.54, 1.807) is 0 Å². The SMILES string of the molecule is CCCn1cncc1CN1CCCC(CNCC(=O)O)C1. The topological polar surface area (TPSA) is 70.4 Å². The third-order valence-corrected chi connectivity index (χ3v) is 3.96. The summed E-state index contributed by atoms with van der Waals surface area (Å²) < 4.78 is 2.23. The van der Waals surface area contributed by atoms with Gasteiger partial charge in [-0.15, -0.1) is 0 Å². The van der Waals surface area contributed by atoms with Gasteiger partial charge in [0.1, 0.15) is 0 Å². The molecule has 1 aromatic rings. The Morgan fingerprint density at radius 1 is 1.57 bits per heavy atom. The van der Waals surface area contributed by atoms with Gasteiger partial charge >= 0.3 is 5.97 Å². The van der Waals surface area contributed by atoms with Crippen LogP contribution in [0.3, 0.4) is 0 Å². The normalized spacial score (nSPS) is 19.8. The fourth-order valence-corrected chi connectivity index (χ4v) is 3.00. The number of carboxylic acids is 1. The van der Waals surface area contributed by atoms with Crippen LogP contribution in [-0.4, -0.2) is 51.7 Å². The van der Waals surface area contributed by atoms with Crippen LogP contribution in [0.2, 0.25) is 0 Å². The molecule has 2 N–H and O–H groups in total. The Labute approximate surface area is 126 Å². The first-order valence-corrected chi connectivity index (χ1v) is 7.83. The number of carboxylic acid groups (broad SMARTS) is 1. The second kappa shape index (κ2) is 8.14. The zero-order chi connectivity index (χ0) is 15.1. The van der Waals surface area contributed by atoms with Crippen molar-refractivity contribution in [1.29, 1.82) is 0 Å².